The molecule has 3 aromatic carbocycles. The van der Waals surface area contributed by atoms with Crippen LogP contribution < -0.4 is 19.7 Å². The average Bonchev–Trinajstić information content (AvgIpc) is 3.77. The monoisotopic (exact) mass is 840 g/mol. The predicted molar refractivity (Wildman–Crippen MR) is 232 cm³/mol. The standard InChI is InChI=1S/C28H41N3O6.C17H15N3O4/c1-19-9-8-10-21-23(17-22-25(24(19)21)20(2)18-30(22)7)36-27(34)31(13-15-35-16-14-32)12-11-29(6)26(33)37-28(3,4)5;1-23-11-24-15-5-2-12(3-6-15)17(22)19-13-4-7-16-18-14(10-21)9-20(16)8-13/h8-10,17,20,32H,11-16,18H2,1-7H3;2-10H,11H2,1H3,(H,19,22)/t20-;/m1./s1. The van der Waals surface area contributed by atoms with Crippen molar-refractivity contribution in [1.82, 2.24) is 19.2 Å². The fraction of sp³-hybridized carbons (Fsp3) is 0.400. The minimum Gasteiger partial charge on any atom is -0.468 e. The molecule has 0 spiro atoms. The molecule has 1 atom stereocenters. The molecule has 2 aromatic heterocycles. The van der Waals surface area contributed by atoms with Crippen molar-refractivity contribution in [2.24, 2.45) is 0 Å². The molecule has 0 radical (unpaired) electrons. The third-order valence-electron chi connectivity index (χ3n) is 9.72. The molecule has 0 bridgehead atoms. The fourth-order valence-electron chi connectivity index (χ4n) is 6.81. The van der Waals surface area contributed by atoms with Gasteiger partial charge in [-0.3, -0.25) is 9.59 Å². The third kappa shape index (κ3) is 12.2. The Morgan fingerprint density at radius 3 is 2.44 bits per heavy atom. The van der Waals surface area contributed by atoms with Crippen LogP contribution in [0.4, 0.5) is 21.0 Å². The highest BCUT2D eigenvalue weighted by Crippen LogP contribution is 2.45. The summed E-state index contributed by atoms with van der Waals surface area (Å²) in [7, 11) is 5.22. The Morgan fingerprint density at radius 2 is 1.75 bits per heavy atom. The van der Waals surface area contributed by atoms with Crippen molar-refractivity contribution in [1.29, 1.82) is 0 Å². The van der Waals surface area contributed by atoms with Crippen LogP contribution in [-0.2, 0) is 14.2 Å². The lowest BCUT2D eigenvalue weighted by Gasteiger charge is -2.27. The number of pyridine rings is 1. The van der Waals surface area contributed by atoms with Gasteiger partial charge in [0.05, 0.1) is 25.5 Å². The molecule has 0 fully saturated rings. The molecule has 0 aliphatic carbocycles. The molecule has 61 heavy (non-hydrogen) atoms. The zero-order chi connectivity index (χ0) is 44.3. The van der Waals surface area contributed by atoms with Crippen molar-refractivity contribution in [2.45, 2.75) is 46.1 Å². The number of hydrogen-bond donors (Lipinski definition) is 2. The third-order valence-corrected chi connectivity index (χ3v) is 9.72. The van der Waals surface area contributed by atoms with E-state index in [0.717, 1.165) is 28.6 Å². The average molecular weight is 841 g/mol. The van der Waals surface area contributed by atoms with Crippen LogP contribution in [0, 0.1) is 6.92 Å². The van der Waals surface area contributed by atoms with Crippen molar-refractivity contribution >= 4 is 52.2 Å². The van der Waals surface area contributed by atoms with Crippen molar-refractivity contribution < 1.29 is 48.0 Å². The Labute approximate surface area is 355 Å². The van der Waals surface area contributed by atoms with E-state index in [-0.39, 0.29) is 52.2 Å². The van der Waals surface area contributed by atoms with E-state index in [2.05, 4.69) is 42.2 Å². The van der Waals surface area contributed by atoms with Crippen molar-refractivity contribution in [3.8, 4) is 11.5 Å². The predicted octanol–water partition coefficient (Wildman–Crippen LogP) is 6.76. The lowest BCUT2D eigenvalue weighted by molar-refractivity contribution is 0.0273. The zero-order valence-electron chi connectivity index (χ0n) is 36.1. The topological polar surface area (TPSA) is 174 Å². The van der Waals surface area contributed by atoms with Gasteiger partial charge in [-0.1, -0.05) is 25.1 Å². The van der Waals surface area contributed by atoms with Gasteiger partial charge in [0, 0.05) is 88.4 Å². The Morgan fingerprint density at radius 1 is 1.00 bits per heavy atom. The number of carbonyl (C=O) groups is 4. The minimum atomic E-state index is -0.612. The second-order valence-corrected chi connectivity index (χ2v) is 15.7. The summed E-state index contributed by atoms with van der Waals surface area (Å²) in [6, 6.07) is 18.2. The second kappa shape index (κ2) is 20.8. The van der Waals surface area contributed by atoms with E-state index in [1.54, 1.807) is 60.2 Å². The van der Waals surface area contributed by atoms with E-state index in [4.69, 9.17) is 28.8 Å². The number of aromatic nitrogens is 2. The number of rotatable bonds is 15. The maximum Gasteiger partial charge on any atom is 0.415 e. The number of amides is 3. The molecule has 1 aliphatic rings. The summed E-state index contributed by atoms with van der Waals surface area (Å²) in [5, 5.41) is 13.8. The van der Waals surface area contributed by atoms with E-state index in [0.29, 0.717) is 46.3 Å². The maximum atomic E-state index is 13.4. The molecule has 1 aliphatic heterocycles. The van der Waals surface area contributed by atoms with Gasteiger partial charge in [0.15, 0.2) is 13.1 Å². The van der Waals surface area contributed by atoms with Gasteiger partial charge in [0.1, 0.15) is 28.4 Å². The highest BCUT2D eigenvalue weighted by atomic mass is 16.7. The second-order valence-electron chi connectivity index (χ2n) is 15.7. The number of carbonyl (C=O) groups excluding carboxylic acids is 4. The van der Waals surface area contributed by atoms with Crippen molar-refractivity contribution in [3.05, 3.63) is 95.4 Å². The van der Waals surface area contributed by atoms with Crippen molar-refractivity contribution in [3.63, 3.8) is 0 Å². The van der Waals surface area contributed by atoms with E-state index in [1.165, 1.54) is 22.5 Å². The number of ether oxygens (including phenoxy) is 5. The fourth-order valence-corrected chi connectivity index (χ4v) is 6.81. The number of methoxy groups -OCH3 is 1. The molecule has 16 nitrogen and oxygen atoms in total. The smallest absolute Gasteiger partial charge is 0.415 e. The number of imidazole rings is 1. The first-order valence-electron chi connectivity index (χ1n) is 20.0. The van der Waals surface area contributed by atoms with E-state index < -0.39 is 17.8 Å². The molecule has 0 unspecified atom stereocenters. The summed E-state index contributed by atoms with van der Waals surface area (Å²) in [5.41, 5.74) is 4.95. The van der Waals surface area contributed by atoms with Gasteiger partial charge in [0.2, 0.25) is 0 Å². The molecule has 326 valence electrons. The molecule has 0 saturated carbocycles. The largest absolute Gasteiger partial charge is 0.468 e. The zero-order valence-corrected chi connectivity index (χ0v) is 36.1. The number of aryl methyl sites for hydroxylation is 1. The number of aldehydes is 1. The first-order valence-corrected chi connectivity index (χ1v) is 20.0. The maximum absolute atomic E-state index is 13.4. The van der Waals surface area contributed by atoms with Gasteiger partial charge in [-0.05, 0) is 80.6 Å². The molecule has 5 aromatic rings. The van der Waals surface area contributed by atoms with Crippen LogP contribution in [0.15, 0.2) is 73.1 Å². The number of anilines is 2. The first kappa shape index (κ1) is 45.8. The number of benzene rings is 3. The summed E-state index contributed by atoms with van der Waals surface area (Å²) in [6.45, 7) is 11.8. The van der Waals surface area contributed by atoms with Gasteiger partial charge >= 0.3 is 12.2 Å². The normalized spacial score (nSPS) is 13.3. The first-order chi connectivity index (χ1) is 29.1. The number of hydrogen-bond acceptors (Lipinski definition) is 12. The van der Waals surface area contributed by atoms with Crippen LogP contribution in [-0.4, -0.2) is 128 Å². The number of aliphatic hydroxyl groups is 1. The van der Waals surface area contributed by atoms with Gasteiger partial charge in [-0.15, -0.1) is 0 Å². The SMILES string of the molecule is COCOc1ccc(C(=O)Nc2ccc3nc(C=O)cn3c2)cc1.Cc1cccc2c(OC(=O)N(CCOCCO)CCN(C)C(=O)OC(C)(C)C)cc3c(c12)[C@H](C)CN3C. The van der Waals surface area contributed by atoms with Crippen LogP contribution >= 0.6 is 0 Å². The van der Waals surface area contributed by atoms with Crippen molar-refractivity contribution in [2.75, 3.05) is 84.2 Å². The highest BCUT2D eigenvalue weighted by molar-refractivity contribution is 6.04. The van der Waals surface area contributed by atoms with E-state index >= 15 is 0 Å². The number of fused-ring (bicyclic) bond motifs is 4. The molecule has 0 saturated heterocycles. The van der Waals surface area contributed by atoms with Crippen LogP contribution in [0.25, 0.3) is 16.4 Å². The Balaban J connectivity index is 0.000000252. The Hall–Kier alpha value is -6.23. The van der Waals surface area contributed by atoms with Gasteiger partial charge in [-0.2, -0.15) is 0 Å². The summed E-state index contributed by atoms with van der Waals surface area (Å²) in [5.74, 6) is 1.25. The number of aliphatic hydroxyl groups excluding tert-OH is 1. The minimum absolute atomic E-state index is 0.0990. The molecule has 16 heteroatoms. The quantitative estimate of drug-likeness (QED) is 0.0645. The molecule has 2 N–H and O–H groups in total. The number of nitrogens with zero attached hydrogens (tertiary/aromatic N) is 5. The van der Waals surface area contributed by atoms with Crippen LogP contribution in [0.5, 0.6) is 11.5 Å². The summed E-state index contributed by atoms with van der Waals surface area (Å²) < 4.78 is 28.6. The Kier molecular flexibility index (Phi) is 15.7. The van der Waals surface area contributed by atoms with E-state index in [9.17, 15) is 19.2 Å². The summed E-state index contributed by atoms with van der Waals surface area (Å²) >= 11 is 0. The summed E-state index contributed by atoms with van der Waals surface area (Å²) in [6.07, 6.45) is 2.98. The molecule has 6 rings (SSSR count). The van der Waals surface area contributed by atoms with Gasteiger partial charge < -0.3 is 53.2 Å². The summed E-state index contributed by atoms with van der Waals surface area (Å²) in [4.78, 5) is 58.1. The highest BCUT2D eigenvalue weighted by Gasteiger charge is 2.29. The van der Waals surface area contributed by atoms with Crippen LogP contribution in [0.2, 0.25) is 0 Å². The number of likely N-dealkylation sites (N-methyl/N-ethyl adjacent to an activating group) is 2. The Bertz CT molecular complexity index is 2310. The molecule has 3 amide bonds. The van der Waals surface area contributed by atoms with Crippen LogP contribution in [0.1, 0.15) is 65.6 Å². The molecular weight excluding hydrogens is 785 g/mol. The lowest BCUT2D eigenvalue weighted by Crippen LogP contribution is -2.43. The van der Waals surface area contributed by atoms with Crippen LogP contribution in [0.3, 0.4) is 0 Å². The lowest BCUT2D eigenvalue weighted by atomic mass is 9.92. The van der Waals surface area contributed by atoms with Gasteiger partial charge in [0.25, 0.3) is 5.91 Å². The molecular formula is C45H56N6O10. The number of nitrogens with one attached hydrogen (secondary N) is 1. The van der Waals surface area contributed by atoms with E-state index in [1.807, 2.05) is 39.0 Å². The van der Waals surface area contributed by atoms with Gasteiger partial charge in [-0.25, -0.2) is 14.6 Å². The molecule has 3 heterocycles.